The lowest BCUT2D eigenvalue weighted by Crippen LogP contribution is -2.37. The van der Waals surface area contributed by atoms with E-state index in [4.69, 9.17) is 5.26 Å². The Morgan fingerprint density at radius 1 is 1.50 bits per heavy atom. The maximum absolute atomic E-state index is 12.1. The van der Waals surface area contributed by atoms with E-state index in [1.165, 1.54) is 0 Å². The molecule has 18 heavy (non-hydrogen) atoms. The highest BCUT2D eigenvalue weighted by atomic mass is 79.9. The number of carbonyl (C=O) groups is 1. The molecule has 0 unspecified atom stereocenters. The summed E-state index contributed by atoms with van der Waals surface area (Å²) in [5.41, 5.74) is 1.23. The monoisotopic (exact) mass is 308 g/mol. The van der Waals surface area contributed by atoms with E-state index in [0.717, 1.165) is 15.6 Å². The second-order valence-electron chi connectivity index (χ2n) is 4.97. The van der Waals surface area contributed by atoms with E-state index >= 15 is 0 Å². The second kappa shape index (κ2) is 5.53. The second-order valence-corrected chi connectivity index (χ2v) is 5.88. The number of rotatable bonds is 3. The molecule has 4 heteroatoms. The highest BCUT2D eigenvalue weighted by molar-refractivity contribution is 9.10. The molecule has 0 aliphatic rings. The number of amides is 1. The highest BCUT2D eigenvalue weighted by Gasteiger charge is 2.30. The van der Waals surface area contributed by atoms with Gasteiger partial charge < -0.3 is 4.90 Å². The fraction of sp³-hybridized carbons (Fsp3) is 0.429. The summed E-state index contributed by atoms with van der Waals surface area (Å²) < 4.78 is 0.989. The molecule has 0 radical (unpaired) electrons. The maximum Gasteiger partial charge on any atom is 0.242 e. The third kappa shape index (κ3) is 3.33. The Morgan fingerprint density at radius 2 is 2.11 bits per heavy atom. The van der Waals surface area contributed by atoms with Gasteiger partial charge in [0.2, 0.25) is 5.91 Å². The molecule has 0 spiro atoms. The molecule has 0 heterocycles. The molecule has 0 bridgehead atoms. The van der Waals surface area contributed by atoms with Gasteiger partial charge in [-0.25, -0.2) is 0 Å². The molecule has 0 atom stereocenters. The van der Waals surface area contributed by atoms with Crippen molar-refractivity contribution in [3.8, 4) is 6.07 Å². The fourth-order valence-corrected chi connectivity index (χ4v) is 2.07. The third-order valence-electron chi connectivity index (χ3n) is 2.88. The standard InChI is InChI=1S/C14H17BrN2O/c1-10-5-6-12(15)7-11(10)8-17(4)13(18)14(2,3)9-16/h5-7H,8H2,1-4H3. The number of hydrogen-bond donors (Lipinski definition) is 0. The largest absolute Gasteiger partial charge is 0.340 e. The van der Waals surface area contributed by atoms with Gasteiger partial charge in [-0.2, -0.15) is 5.26 Å². The number of hydrogen-bond acceptors (Lipinski definition) is 2. The van der Waals surface area contributed by atoms with Gasteiger partial charge in [0.15, 0.2) is 0 Å². The van der Waals surface area contributed by atoms with Gasteiger partial charge in [0, 0.05) is 18.1 Å². The smallest absolute Gasteiger partial charge is 0.242 e. The lowest BCUT2D eigenvalue weighted by atomic mass is 9.93. The summed E-state index contributed by atoms with van der Waals surface area (Å²) in [7, 11) is 1.72. The van der Waals surface area contributed by atoms with Crippen LogP contribution in [0, 0.1) is 23.7 Å². The average Bonchev–Trinajstić information content (AvgIpc) is 2.32. The molecular formula is C14H17BrN2O. The van der Waals surface area contributed by atoms with Crippen molar-refractivity contribution in [1.29, 1.82) is 5.26 Å². The first-order valence-electron chi connectivity index (χ1n) is 5.70. The van der Waals surface area contributed by atoms with Crippen molar-refractivity contribution >= 4 is 21.8 Å². The Kier molecular flexibility index (Phi) is 4.53. The van der Waals surface area contributed by atoms with E-state index in [1.54, 1.807) is 25.8 Å². The predicted octanol–water partition coefficient (Wildman–Crippen LogP) is 3.27. The molecule has 1 aromatic rings. The van der Waals surface area contributed by atoms with Gasteiger partial charge in [0.1, 0.15) is 5.41 Å². The number of benzene rings is 1. The summed E-state index contributed by atoms with van der Waals surface area (Å²) in [5.74, 6) is -0.163. The Balaban J connectivity index is 2.89. The Morgan fingerprint density at radius 3 is 2.67 bits per heavy atom. The molecule has 1 rings (SSSR count). The van der Waals surface area contributed by atoms with Crippen molar-refractivity contribution in [2.24, 2.45) is 5.41 Å². The number of halogens is 1. The summed E-state index contributed by atoms with van der Waals surface area (Å²) in [4.78, 5) is 13.7. The maximum atomic E-state index is 12.1. The molecule has 0 aliphatic heterocycles. The Labute approximate surface area is 117 Å². The van der Waals surface area contributed by atoms with Crippen LogP contribution in [0.1, 0.15) is 25.0 Å². The van der Waals surface area contributed by atoms with Crippen LogP contribution < -0.4 is 0 Å². The third-order valence-corrected chi connectivity index (χ3v) is 3.37. The van der Waals surface area contributed by atoms with Gasteiger partial charge in [0.05, 0.1) is 6.07 Å². The number of carbonyl (C=O) groups excluding carboxylic acids is 1. The van der Waals surface area contributed by atoms with Crippen molar-refractivity contribution in [2.75, 3.05) is 7.05 Å². The van der Waals surface area contributed by atoms with Gasteiger partial charge in [0.25, 0.3) is 0 Å². The molecule has 0 aliphatic carbocycles. The topological polar surface area (TPSA) is 44.1 Å². The van der Waals surface area contributed by atoms with Crippen LogP contribution in [0.15, 0.2) is 22.7 Å². The van der Waals surface area contributed by atoms with E-state index < -0.39 is 5.41 Å². The van der Waals surface area contributed by atoms with Crippen LogP contribution in [0.3, 0.4) is 0 Å². The first-order valence-corrected chi connectivity index (χ1v) is 6.49. The summed E-state index contributed by atoms with van der Waals surface area (Å²) in [6, 6.07) is 8.01. The zero-order valence-electron chi connectivity index (χ0n) is 11.1. The molecule has 1 aromatic carbocycles. The van der Waals surface area contributed by atoms with Gasteiger partial charge in [-0.15, -0.1) is 0 Å². The zero-order chi connectivity index (χ0) is 13.9. The van der Waals surface area contributed by atoms with Gasteiger partial charge >= 0.3 is 0 Å². The van der Waals surface area contributed by atoms with E-state index in [0.29, 0.717) is 6.54 Å². The summed E-state index contributed by atoms with van der Waals surface area (Å²) in [5, 5.41) is 8.97. The van der Waals surface area contributed by atoms with Crippen molar-refractivity contribution in [3.63, 3.8) is 0 Å². The number of nitrogens with zero attached hydrogens (tertiary/aromatic N) is 2. The fourth-order valence-electron chi connectivity index (χ4n) is 1.66. The minimum absolute atomic E-state index is 0.163. The van der Waals surface area contributed by atoms with Crippen molar-refractivity contribution < 1.29 is 4.79 Å². The predicted molar refractivity (Wildman–Crippen MR) is 74.7 cm³/mol. The minimum atomic E-state index is -0.978. The van der Waals surface area contributed by atoms with E-state index in [9.17, 15) is 4.79 Å². The van der Waals surface area contributed by atoms with Crippen LogP contribution in [0.2, 0.25) is 0 Å². The average molecular weight is 309 g/mol. The van der Waals surface area contributed by atoms with Crippen LogP contribution in [0.25, 0.3) is 0 Å². The molecule has 1 amide bonds. The molecule has 0 saturated carbocycles. The van der Waals surface area contributed by atoms with E-state index in [2.05, 4.69) is 15.9 Å². The van der Waals surface area contributed by atoms with E-state index in [-0.39, 0.29) is 5.91 Å². The molecule has 0 fully saturated rings. The van der Waals surface area contributed by atoms with Crippen LogP contribution in [-0.4, -0.2) is 17.9 Å². The molecule has 0 N–H and O–H groups in total. The number of nitriles is 1. The molecule has 96 valence electrons. The summed E-state index contributed by atoms with van der Waals surface area (Å²) in [6.45, 7) is 5.80. The zero-order valence-corrected chi connectivity index (χ0v) is 12.7. The number of aryl methyl sites for hydroxylation is 1. The van der Waals surface area contributed by atoms with E-state index in [1.807, 2.05) is 31.2 Å². The Hall–Kier alpha value is -1.34. The van der Waals surface area contributed by atoms with Crippen molar-refractivity contribution in [2.45, 2.75) is 27.3 Å². The summed E-state index contributed by atoms with van der Waals surface area (Å²) >= 11 is 3.42. The lowest BCUT2D eigenvalue weighted by molar-refractivity contribution is -0.136. The first kappa shape index (κ1) is 14.7. The molecule has 0 saturated heterocycles. The summed E-state index contributed by atoms with van der Waals surface area (Å²) in [6.07, 6.45) is 0. The van der Waals surface area contributed by atoms with Gasteiger partial charge in [-0.05, 0) is 44.0 Å². The normalized spacial score (nSPS) is 10.9. The van der Waals surface area contributed by atoms with Crippen LogP contribution in [-0.2, 0) is 11.3 Å². The quantitative estimate of drug-likeness (QED) is 0.860. The first-order chi connectivity index (χ1) is 8.27. The Bertz CT molecular complexity index is 503. The van der Waals surface area contributed by atoms with Crippen LogP contribution in [0.5, 0.6) is 0 Å². The van der Waals surface area contributed by atoms with Gasteiger partial charge in [-0.3, -0.25) is 4.79 Å². The van der Waals surface area contributed by atoms with Crippen LogP contribution >= 0.6 is 15.9 Å². The molecule has 3 nitrogen and oxygen atoms in total. The lowest BCUT2D eigenvalue weighted by Gasteiger charge is -2.24. The van der Waals surface area contributed by atoms with Gasteiger partial charge in [-0.1, -0.05) is 22.0 Å². The van der Waals surface area contributed by atoms with Crippen LogP contribution in [0.4, 0.5) is 0 Å². The SMILES string of the molecule is Cc1ccc(Br)cc1CN(C)C(=O)C(C)(C)C#N. The van der Waals surface area contributed by atoms with Crippen molar-refractivity contribution in [3.05, 3.63) is 33.8 Å². The molecule has 0 aromatic heterocycles. The highest BCUT2D eigenvalue weighted by Crippen LogP contribution is 2.21. The van der Waals surface area contributed by atoms with Crippen molar-refractivity contribution in [1.82, 2.24) is 4.90 Å². The molecular weight excluding hydrogens is 292 g/mol. The minimum Gasteiger partial charge on any atom is -0.340 e.